The summed E-state index contributed by atoms with van der Waals surface area (Å²) in [5.74, 6) is 1.55. The van der Waals surface area contributed by atoms with Crippen LogP contribution in [0.3, 0.4) is 0 Å². The van der Waals surface area contributed by atoms with Gasteiger partial charge in [-0.2, -0.15) is 0 Å². The SMILES string of the molecule is Cl.NCC1(NC(=O)c2ccc(OCC3CC3)cc2)CCCC1. The van der Waals surface area contributed by atoms with Crippen LogP contribution in [-0.4, -0.2) is 24.6 Å². The Bertz CT molecular complexity index is 494. The molecule has 0 heterocycles. The smallest absolute Gasteiger partial charge is 0.251 e. The maximum Gasteiger partial charge on any atom is 0.251 e. The zero-order valence-electron chi connectivity index (χ0n) is 12.8. The second kappa shape index (κ2) is 7.34. The molecule has 0 saturated heterocycles. The summed E-state index contributed by atoms with van der Waals surface area (Å²) >= 11 is 0. The largest absolute Gasteiger partial charge is 0.493 e. The quantitative estimate of drug-likeness (QED) is 0.845. The minimum absolute atomic E-state index is 0. The molecule has 0 bridgehead atoms. The first kappa shape index (κ1) is 17.1. The predicted octanol–water partition coefficient (Wildman–Crippen LogP) is 2.90. The normalized spacial score (nSPS) is 19.3. The number of nitrogens with two attached hydrogens (primary N) is 1. The van der Waals surface area contributed by atoms with Crippen molar-refractivity contribution in [2.24, 2.45) is 11.7 Å². The fraction of sp³-hybridized carbons (Fsp3) is 0.588. The first-order valence-electron chi connectivity index (χ1n) is 7.96. The molecule has 2 saturated carbocycles. The zero-order chi connectivity index (χ0) is 14.7. The predicted molar refractivity (Wildman–Crippen MR) is 89.6 cm³/mol. The van der Waals surface area contributed by atoms with E-state index in [9.17, 15) is 4.79 Å². The van der Waals surface area contributed by atoms with Crippen molar-refractivity contribution < 1.29 is 9.53 Å². The van der Waals surface area contributed by atoms with Gasteiger partial charge in [-0.05, 0) is 55.9 Å². The van der Waals surface area contributed by atoms with E-state index in [0.717, 1.165) is 44.0 Å². The Morgan fingerprint density at radius 1 is 1.23 bits per heavy atom. The van der Waals surface area contributed by atoms with E-state index in [2.05, 4.69) is 5.32 Å². The number of carbonyl (C=O) groups is 1. The highest BCUT2D eigenvalue weighted by Gasteiger charge is 2.34. The second-order valence-electron chi connectivity index (χ2n) is 6.42. The highest BCUT2D eigenvalue weighted by Crippen LogP contribution is 2.30. The number of amides is 1. The molecule has 3 N–H and O–H groups in total. The van der Waals surface area contributed by atoms with E-state index >= 15 is 0 Å². The van der Waals surface area contributed by atoms with Crippen LogP contribution >= 0.6 is 12.4 Å². The summed E-state index contributed by atoms with van der Waals surface area (Å²) in [5, 5.41) is 3.13. The Morgan fingerprint density at radius 3 is 2.41 bits per heavy atom. The van der Waals surface area contributed by atoms with Crippen LogP contribution < -0.4 is 15.8 Å². The summed E-state index contributed by atoms with van der Waals surface area (Å²) < 4.78 is 5.69. The third-order valence-electron chi connectivity index (χ3n) is 4.63. The van der Waals surface area contributed by atoms with E-state index in [1.165, 1.54) is 12.8 Å². The molecular weight excluding hydrogens is 300 g/mol. The van der Waals surface area contributed by atoms with Gasteiger partial charge < -0.3 is 15.8 Å². The molecule has 1 aromatic carbocycles. The van der Waals surface area contributed by atoms with Gasteiger partial charge in [-0.25, -0.2) is 0 Å². The van der Waals surface area contributed by atoms with Crippen molar-refractivity contribution in [2.75, 3.05) is 13.2 Å². The molecule has 5 heteroatoms. The molecule has 1 aromatic rings. The van der Waals surface area contributed by atoms with Crippen molar-refractivity contribution in [1.82, 2.24) is 5.32 Å². The Kier molecular flexibility index (Phi) is 5.70. The second-order valence-corrected chi connectivity index (χ2v) is 6.42. The lowest BCUT2D eigenvalue weighted by Gasteiger charge is -2.28. The maximum absolute atomic E-state index is 12.3. The highest BCUT2D eigenvalue weighted by molar-refractivity contribution is 5.94. The number of nitrogens with one attached hydrogen (secondary N) is 1. The van der Waals surface area contributed by atoms with Gasteiger partial charge in [0.2, 0.25) is 0 Å². The van der Waals surface area contributed by atoms with E-state index in [-0.39, 0.29) is 23.9 Å². The molecule has 2 aliphatic rings. The summed E-state index contributed by atoms with van der Waals surface area (Å²) in [4.78, 5) is 12.3. The lowest BCUT2D eigenvalue weighted by Crippen LogP contribution is -2.51. The minimum Gasteiger partial charge on any atom is -0.493 e. The van der Waals surface area contributed by atoms with Gasteiger partial charge in [0.25, 0.3) is 5.91 Å². The van der Waals surface area contributed by atoms with Crippen LogP contribution in [0.4, 0.5) is 0 Å². The molecule has 3 rings (SSSR count). The van der Waals surface area contributed by atoms with Crippen molar-refractivity contribution in [3.63, 3.8) is 0 Å². The topological polar surface area (TPSA) is 64.3 Å². The molecule has 0 aliphatic heterocycles. The lowest BCUT2D eigenvalue weighted by molar-refractivity contribution is 0.0903. The van der Waals surface area contributed by atoms with Crippen molar-refractivity contribution in [1.29, 1.82) is 0 Å². The average Bonchev–Trinajstić information content (AvgIpc) is 3.24. The van der Waals surface area contributed by atoms with Crippen LogP contribution in [0, 0.1) is 5.92 Å². The van der Waals surface area contributed by atoms with Gasteiger partial charge >= 0.3 is 0 Å². The molecule has 0 unspecified atom stereocenters. The number of ether oxygens (including phenoxy) is 1. The first-order valence-corrected chi connectivity index (χ1v) is 7.96. The third-order valence-corrected chi connectivity index (χ3v) is 4.63. The van der Waals surface area contributed by atoms with Gasteiger partial charge in [-0.15, -0.1) is 12.4 Å². The van der Waals surface area contributed by atoms with Crippen LogP contribution in [-0.2, 0) is 0 Å². The molecular formula is C17H25ClN2O2. The summed E-state index contributed by atoms with van der Waals surface area (Å²) in [6.45, 7) is 1.31. The molecule has 0 aromatic heterocycles. The lowest BCUT2D eigenvalue weighted by atomic mass is 9.97. The minimum atomic E-state index is -0.196. The molecule has 4 nitrogen and oxygen atoms in total. The van der Waals surface area contributed by atoms with Gasteiger partial charge in [-0.1, -0.05) is 12.8 Å². The molecule has 122 valence electrons. The van der Waals surface area contributed by atoms with E-state index in [1.54, 1.807) is 0 Å². The molecule has 0 atom stereocenters. The van der Waals surface area contributed by atoms with Crippen LogP contribution in [0.2, 0.25) is 0 Å². The average molecular weight is 325 g/mol. The van der Waals surface area contributed by atoms with E-state index in [4.69, 9.17) is 10.5 Å². The Morgan fingerprint density at radius 2 is 1.86 bits per heavy atom. The molecule has 1 amide bonds. The highest BCUT2D eigenvalue weighted by atomic mass is 35.5. The van der Waals surface area contributed by atoms with Gasteiger partial charge in [0.15, 0.2) is 0 Å². The molecule has 0 spiro atoms. The van der Waals surface area contributed by atoms with Crippen LogP contribution in [0.1, 0.15) is 48.9 Å². The summed E-state index contributed by atoms with van der Waals surface area (Å²) in [6, 6.07) is 7.41. The summed E-state index contributed by atoms with van der Waals surface area (Å²) in [5.41, 5.74) is 6.34. The van der Waals surface area contributed by atoms with Crippen molar-refractivity contribution in [2.45, 2.75) is 44.1 Å². The summed E-state index contributed by atoms with van der Waals surface area (Å²) in [7, 11) is 0. The van der Waals surface area contributed by atoms with Crippen molar-refractivity contribution in [3.05, 3.63) is 29.8 Å². The molecule has 22 heavy (non-hydrogen) atoms. The first-order chi connectivity index (χ1) is 10.2. The number of hydrogen-bond acceptors (Lipinski definition) is 3. The fourth-order valence-corrected chi connectivity index (χ4v) is 2.95. The van der Waals surface area contributed by atoms with Gasteiger partial charge in [0, 0.05) is 12.1 Å². The van der Waals surface area contributed by atoms with Crippen LogP contribution in [0.5, 0.6) is 5.75 Å². The molecule has 0 radical (unpaired) electrons. The van der Waals surface area contributed by atoms with E-state index in [1.807, 2.05) is 24.3 Å². The summed E-state index contributed by atoms with van der Waals surface area (Å²) in [6.07, 6.45) is 6.82. The van der Waals surface area contributed by atoms with E-state index < -0.39 is 0 Å². The fourth-order valence-electron chi connectivity index (χ4n) is 2.95. The van der Waals surface area contributed by atoms with E-state index in [0.29, 0.717) is 12.1 Å². The third kappa shape index (κ3) is 4.14. The maximum atomic E-state index is 12.3. The monoisotopic (exact) mass is 324 g/mol. The van der Waals surface area contributed by atoms with Crippen molar-refractivity contribution >= 4 is 18.3 Å². The van der Waals surface area contributed by atoms with Crippen LogP contribution in [0.15, 0.2) is 24.3 Å². The van der Waals surface area contributed by atoms with Gasteiger partial charge in [-0.3, -0.25) is 4.79 Å². The van der Waals surface area contributed by atoms with Crippen LogP contribution in [0.25, 0.3) is 0 Å². The number of hydrogen-bond donors (Lipinski definition) is 2. The number of carbonyl (C=O) groups excluding carboxylic acids is 1. The van der Waals surface area contributed by atoms with Crippen molar-refractivity contribution in [3.8, 4) is 5.75 Å². The standard InChI is InChI=1S/C17H24N2O2.ClH/c18-12-17(9-1-2-10-17)19-16(20)14-5-7-15(8-6-14)21-11-13-3-4-13;/h5-8,13H,1-4,9-12,18H2,(H,19,20);1H. The number of halogens is 1. The molecule has 2 fully saturated rings. The van der Waals surface area contributed by atoms with Gasteiger partial charge in [0.05, 0.1) is 12.1 Å². The Balaban J connectivity index is 0.00000176. The van der Waals surface area contributed by atoms with Gasteiger partial charge in [0.1, 0.15) is 5.75 Å². The molecule has 2 aliphatic carbocycles. The number of rotatable bonds is 6. The Labute approximate surface area is 138 Å². The number of benzene rings is 1. The zero-order valence-corrected chi connectivity index (χ0v) is 13.7. The Hall–Kier alpha value is -1.26.